The Labute approximate surface area is 145 Å². The average molecular weight is 326 g/mol. The molecule has 1 heterocycles. The van der Waals surface area contributed by atoms with Crippen molar-refractivity contribution in [2.24, 2.45) is 9.98 Å². The van der Waals surface area contributed by atoms with Crippen molar-refractivity contribution in [2.75, 3.05) is 7.05 Å². The Hall–Kier alpha value is -3.27. The van der Waals surface area contributed by atoms with Gasteiger partial charge < -0.3 is 4.98 Å². The average Bonchev–Trinajstić information content (AvgIpc) is 2.93. The molecular weight excluding hydrogens is 308 g/mol. The second-order valence-corrected chi connectivity index (χ2v) is 6.01. The number of hydrogen-bond acceptors (Lipinski definition) is 3. The molecule has 4 rings (SSSR count). The third-order valence-corrected chi connectivity index (χ3v) is 4.58. The number of aliphatic imine (C=N–C) groups is 1. The van der Waals surface area contributed by atoms with Crippen molar-refractivity contribution in [3.8, 4) is 0 Å². The summed E-state index contributed by atoms with van der Waals surface area (Å²) < 4.78 is 0. The molecule has 122 valence electrons. The number of rotatable bonds is 2. The zero-order valence-electron chi connectivity index (χ0n) is 14.3. The van der Waals surface area contributed by atoms with E-state index in [2.05, 4.69) is 53.4 Å². The molecule has 1 N–H and O–H groups in total. The van der Waals surface area contributed by atoms with E-state index in [-0.39, 0.29) is 0 Å². The number of fused-ring (bicyclic) bond motifs is 4. The molecule has 3 aromatic carbocycles. The van der Waals surface area contributed by atoms with E-state index < -0.39 is 0 Å². The number of hydrogen-bond donors (Lipinski definition) is 1. The highest BCUT2D eigenvalue weighted by Gasteiger charge is 2.12. The molecule has 0 atom stereocenters. The van der Waals surface area contributed by atoms with Gasteiger partial charge in [-0.2, -0.15) is 0 Å². The Morgan fingerprint density at radius 1 is 1.24 bits per heavy atom. The molecule has 4 aromatic rings. The molecule has 4 nitrogen and oxygen atoms in total. The Balaban J connectivity index is 2.30. The summed E-state index contributed by atoms with van der Waals surface area (Å²) in [6.45, 7) is 9.62. The third kappa shape index (κ3) is 2.18. The second-order valence-electron chi connectivity index (χ2n) is 6.01. The van der Waals surface area contributed by atoms with Gasteiger partial charge in [0.05, 0.1) is 33.1 Å². The molecule has 0 unspecified atom stereocenters. The van der Waals surface area contributed by atoms with Crippen molar-refractivity contribution in [3.05, 3.63) is 59.1 Å². The number of aromatic amines is 1. The summed E-state index contributed by atoms with van der Waals surface area (Å²) in [5.41, 5.74) is 5.69. The van der Waals surface area contributed by atoms with Crippen LogP contribution >= 0.6 is 0 Å². The molecule has 25 heavy (non-hydrogen) atoms. The first-order valence-corrected chi connectivity index (χ1v) is 8.09. The highest BCUT2D eigenvalue weighted by Crippen LogP contribution is 2.26. The van der Waals surface area contributed by atoms with Crippen LogP contribution in [0, 0.1) is 6.92 Å². The Morgan fingerprint density at radius 2 is 2.08 bits per heavy atom. The maximum Gasteiger partial charge on any atom is 0.0957 e. The van der Waals surface area contributed by atoms with Gasteiger partial charge in [0.15, 0.2) is 0 Å². The number of nitrogens with one attached hydrogen (secondary N) is 1. The third-order valence-electron chi connectivity index (χ3n) is 4.58. The SMILES string of the molecule is C=C/C=c1/c2nc3cc(N=C)c(=NC)cc3[nH]c2c2cccc(C)c12. The number of aromatic nitrogens is 2. The van der Waals surface area contributed by atoms with Gasteiger partial charge in [-0.05, 0) is 36.7 Å². The molecule has 4 heteroatoms. The molecule has 0 saturated carbocycles. The highest BCUT2D eigenvalue weighted by atomic mass is 14.8. The molecule has 0 saturated heterocycles. The Morgan fingerprint density at radius 3 is 2.80 bits per heavy atom. The monoisotopic (exact) mass is 326 g/mol. The maximum absolute atomic E-state index is 4.92. The minimum Gasteiger partial charge on any atom is -0.351 e. The number of aryl methyl sites for hydroxylation is 1. The largest absolute Gasteiger partial charge is 0.351 e. The summed E-state index contributed by atoms with van der Waals surface area (Å²) in [5.74, 6) is 0. The van der Waals surface area contributed by atoms with Gasteiger partial charge in [-0.1, -0.05) is 36.9 Å². The van der Waals surface area contributed by atoms with Gasteiger partial charge in [-0.3, -0.25) is 9.98 Å². The van der Waals surface area contributed by atoms with Crippen molar-refractivity contribution in [1.29, 1.82) is 0 Å². The summed E-state index contributed by atoms with van der Waals surface area (Å²) >= 11 is 0. The Kier molecular flexibility index (Phi) is 3.46. The number of allylic oxidation sites excluding steroid dienone is 1. The van der Waals surface area contributed by atoms with Gasteiger partial charge >= 0.3 is 0 Å². The first-order valence-electron chi connectivity index (χ1n) is 8.09. The van der Waals surface area contributed by atoms with Gasteiger partial charge in [-0.25, -0.2) is 4.98 Å². The van der Waals surface area contributed by atoms with Gasteiger partial charge in [0.1, 0.15) is 0 Å². The van der Waals surface area contributed by atoms with Crippen molar-refractivity contribution < 1.29 is 0 Å². The fourth-order valence-electron chi connectivity index (χ4n) is 3.46. The summed E-state index contributed by atoms with van der Waals surface area (Å²) in [7, 11) is 1.75. The lowest BCUT2D eigenvalue weighted by atomic mass is 10.1. The number of benzene rings is 2. The van der Waals surface area contributed by atoms with Crippen molar-refractivity contribution in [2.45, 2.75) is 6.92 Å². The number of H-pyrrole nitrogens is 1. The van der Waals surface area contributed by atoms with Crippen LogP contribution in [0.15, 0.2) is 53.0 Å². The molecule has 0 aliphatic carbocycles. The predicted molar refractivity (Wildman–Crippen MR) is 106 cm³/mol. The lowest BCUT2D eigenvalue weighted by molar-refractivity contribution is 1.25. The van der Waals surface area contributed by atoms with Crippen LogP contribution in [0.2, 0.25) is 0 Å². The van der Waals surface area contributed by atoms with E-state index in [0.29, 0.717) is 0 Å². The van der Waals surface area contributed by atoms with Crippen LogP contribution in [0.3, 0.4) is 0 Å². The minimum absolute atomic E-state index is 0.733. The van der Waals surface area contributed by atoms with Crippen LogP contribution in [-0.4, -0.2) is 23.7 Å². The van der Waals surface area contributed by atoms with E-state index in [4.69, 9.17) is 4.98 Å². The maximum atomic E-state index is 4.92. The van der Waals surface area contributed by atoms with Crippen LogP contribution in [0.25, 0.3) is 38.9 Å². The van der Waals surface area contributed by atoms with Crippen molar-refractivity contribution >= 4 is 51.3 Å². The standard InChI is InChI=1S/C21H18N4/c1-5-7-13-19-12(2)8-6-9-14(19)21-20(13)24-17-10-15(22-3)16(23-4)11-18(17)25-21/h5-11,25H,1,3H2,2,4H3/b13-7+,23-16?. The molecule has 0 spiro atoms. The predicted octanol–water partition coefficient (Wildman–Crippen LogP) is 3.73. The fraction of sp³-hybridized carbons (Fsp3) is 0.0952. The van der Waals surface area contributed by atoms with E-state index in [0.717, 1.165) is 38.3 Å². The van der Waals surface area contributed by atoms with E-state index in [1.54, 1.807) is 7.05 Å². The van der Waals surface area contributed by atoms with E-state index in [1.807, 2.05) is 24.3 Å². The fourth-order valence-corrected chi connectivity index (χ4v) is 3.46. The lowest BCUT2D eigenvalue weighted by Gasteiger charge is -2.02. The van der Waals surface area contributed by atoms with Crippen LogP contribution < -0.4 is 10.6 Å². The van der Waals surface area contributed by atoms with Crippen LogP contribution in [0.5, 0.6) is 0 Å². The molecule has 0 aliphatic rings. The quantitative estimate of drug-likeness (QED) is 0.561. The molecular formula is C21H18N4. The summed E-state index contributed by atoms with van der Waals surface area (Å²) in [4.78, 5) is 16.8. The van der Waals surface area contributed by atoms with Gasteiger partial charge in [0.25, 0.3) is 0 Å². The van der Waals surface area contributed by atoms with Crippen molar-refractivity contribution in [1.82, 2.24) is 9.97 Å². The molecule has 0 aliphatic heterocycles. The van der Waals surface area contributed by atoms with Gasteiger partial charge in [0, 0.05) is 17.7 Å². The van der Waals surface area contributed by atoms with Crippen LogP contribution in [-0.2, 0) is 0 Å². The normalized spacial score (nSPS) is 13.2. The molecule has 0 fully saturated rings. The Bertz CT molecular complexity index is 1290. The lowest BCUT2D eigenvalue weighted by Crippen LogP contribution is -2.04. The van der Waals surface area contributed by atoms with Crippen LogP contribution in [0.1, 0.15) is 5.56 Å². The highest BCUT2D eigenvalue weighted by molar-refractivity contribution is 6.12. The minimum atomic E-state index is 0.733. The summed E-state index contributed by atoms with van der Waals surface area (Å²) in [5, 5.41) is 4.26. The van der Waals surface area contributed by atoms with E-state index >= 15 is 0 Å². The van der Waals surface area contributed by atoms with E-state index in [9.17, 15) is 0 Å². The van der Waals surface area contributed by atoms with Crippen molar-refractivity contribution in [3.63, 3.8) is 0 Å². The zero-order chi connectivity index (χ0) is 17.6. The summed E-state index contributed by atoms with van der Waals surface area (Å²) in [6, 6.07) is 10.2. The first kappa shape index (κ1) is 15.3. The molecule has 0 bridgehead atoms. The van der Waals surface area contributed by atoms with Crippen LogP contribution in [0.4, 0.5) is 5.69 Å². The first-order chi connectivity index (χ1) is 12.2. The number of nitrogens with zero attached hydrogens (tertiary/aromatic N) is 3. The molecule has 0 amide bonds. The molecule has 1 aromatic heterocycles. The van der Waals surface area contributed by atoms with Gasteiger partial charge in [0.2, 0.25) is 0 Å². The zero-order valence-corrected chi connectivity index (χ0v) is 14.3. The van der Waals surface area contributed by atoms with E-state index in [1.165, 1.54) is 16.3 Å². The smallest absolute Gasteiger partial charge is 0.0957 e. The topological polar surface area (TPSA) is 53.4 Å². The second kappa shape index (κ2) is 5.67. The van der Waals surface area contributed by atoms with Gasteiger partial charge in [-0.15, -0.1) is 0 Å². The summed E-state index contributed by atoms with van der Waals surface area (Å²) in [6.07, 6.45) is 3.83. The molecule has 0 radical (unpaired) electrons.